The van der Waals surface area contributed by atoms with Gasteiger partial charge in [0.2, 0.25) is 0 Å². The standard InChI is InChI=1S/C16H34N4O.HI/c1-7-20(13-8-9-13)11-10-18-15(17-5)19-12-14(21-6)16(2,3)4;/h13-14H,7-12H2,1-6H3,(H2,17,18,19);1H. The average Bonchev–Trinajstić information content (AvgIpc) is 3.25. The summed E-state index contributed by atoms with van der Waals surface area (Å²) in [6.07, 6.45) is 2.89. The lowest BCUT2D eigenvalue weighted by atomic mass is 9.89. The van der Waals surface area contributed by atoms with Crippen molar-refractivity contribution in [3.05, 3.63) is 0 Å². The quantitative estimate of drug-likeness (QED) is 0.355. The van der Waals surface area contributed by atoms with E-state index in [0.717, 1.165) is 38.2 Å². The Morgan fingerprint density at radius 3 is 2.36 bits per heavy atom. The first-order valence-electron chi connectivity index (χ1n) is 8.13. The Labute approximate surface area is 153 Å². The molecule has 1 atom stereocenters. The van der Waals surface area contributed by atoms with E-state index in [-0.39, 0.29) is 35.5 Å². The molecule has 6 heteroatoms. The summed E-state index contributed by atoms with van der Waals surface area (Å²) in [5, 5.41) is 6.75. The maximum Gasteiger partial charge on any atom is 0.191 e. The molecule has 0 aliphatic heterocycles. The summed E-state index contributed by atoms with van der Waals surface area (Å²) >= 11 is 0. The Kier molecular flexibility index (Phi) is 10.6. The van der Waals surface area contributed by atoms with E-state index in [1.165, 1.54) is 12.8 Å². The number of hydrogen-bond acceptors (Lipinski definition) is 3. The van der Waals surface area contributed by atoms with Crippen molar-refractivity contribution in [2.75, 3.05) is 40.3 Å². The number of aliphatic imine (C=N–C) groups is 1. The molecule has 1 saturated carbocycles. The minimum Gasteiger partial charge on any atom is -0.379 e. The number of nitrogens with one attached hydrogen (secondary N) is 2. The molecule has 0 radical (unpaired) electrons. The van der Waals surface area contributed by atoms with E-state index in [0.29, 0.717) is 0 Å². The van der Waals surface area contributed by atoms with E-state index in [1.54, 1.807) is 7.11 Å². The van der Waals surface area contributed by atoms with Gasteiger partial charge in [0.05, 0.1) is 6.10 Å². The maximum absolute atomic E-state index is 5.56. The van der Waals surface area contributed by atoms with Crippen molar-refractivity contribution in [3.8, 4) is 0 Å². The number of hydrogen-bond donors (Lipinski definition) is 2. The van der Waals surface area contributed by atoms with Crippen LogP contribution in [0.1, 0.15) is 40.5 Å². The molecule has 0 heterocycles. The summed E-state index contributed by atoms with van der Waals surface area (Å²) in [6.45, 7) is 12.7. The van der Waals surface area contributed by atoms with Crippen LogP contribution in [0, 0.1) is 5.41 Å². The lowest BCUT2D eigenvalue weighted by molar-refractivity contribution is 0.0205. The molecule has 0 aromatic carbocycles. The summed E-state index contributed by atoms with van der Waals surface area (Å²) in [4.78, 5) is 6.81. The number of nitrogens with zero attached hydrogens (tertiary/aromatic N) is 2. The predicted molar refractivity (Wildman–Crippen MR) is 105 cm³/mol. The Morgan fingerprint density at radius 1 is 1.32 bits per heavy atom. The Balaban J connectivity index is 0.00000441. The topological polar surface area (TPSA) is 48.9 Å². The van der Waals surface area contributed by atoms with Crippen LogP contribution in [0.5, 0.6) is 0 Å². The first-order valence-corrected chi connectivity index (χ1v) is 8.13. The highest BCUT2D eigenvalue weighted by Gasteiger charge is 2.27. The fourth-order valence-electron chi connectivity index (χ4n) is 2.51. The van der Waals surface area contributed by atoms with Gasteiger partial charge in [-0.25, -0.2) is 0 Å². The van der Waals surface area contributed by atoms with Gasteiger partial charge in [-0.2, -0.15) is 0 Å². The van der Waals surface area contributed by atoms with Crippen LogP contribution in [0.3, 0.4) is 0 Å². The number of likely N-dealkylation sites (N-methyl/N-ethyl adjacent to an activating group) is 1. The van der Waals surface area contributed by atoms with E-state index in [2.05, 4.69) is 48.2 Å². The number of rotatable bonds is 8. The van der Waals surface area contributed by atoms with Crippen molar-refractivity contribution < 1.29 is 4.74 Å². The van der Waals surface area contributed by atoms with Crippen LogP contribution >= 0.6 is 24.0 Å². The smallest absolute Gasteiger partial charge is 0.191 e. The van der Waals surface area contributed by atoms with Crippen LogP contribution in [0.25, 0.3) is 0 Å². The van der Waals surface area contributed by atoms with Crippen molar-refractivity contribution in [2.45, 2.75) is 52.7 Å². The van der Waals surface area contributed by atoms with E-state index in [1.807, 2.05) is 7.05 Å². The van der Waals surface area contributed by atoms with Crippen LogP contribution in [-0.4, -0.2) is 63.3 Å². The molecule has 0 amide bonds. The molecule has 22 heavy (non-hydrogen) atoms. The monoisotopic (exact) mass is 426 g/mol. The summed E-state index contributed by atoms with van der Waals surface area (Å²) < 4.78 is 5.56. The number of methoxy groups -OCH3 is 1. The highest BCUT2D eigenvalue weighted by atomic mass is 127. The molecule has 1 unspecified atom stereocenters. The fraction of sp³-hybridized carbons (Fsp3) is 0.938. The van der Waals surface area contributed by atoms with Crippen LogP contribution in [0.15, 0.2) is 4.99 Å². The van der Waals surface area contributed by atoms with E-state index in [4.69, 9.17) is 4.74 Å². The number of ether oxygens (including phenoxy) is 1. The van der Waals surface area contributed by atoms with Gasteiger partial charge in [0.15, 0.2) is 5.96 Å². The third-order valence-electron chi connectivity index (χ3n) is 4.09. The molecule has 1 rings (SSSR count). The highest BCUT2D eigenvalue weighted by Crippen LogP contribution is 2.25. The van der Waals surface area contributed by atoms with Crippen molar-refractivity contribution in [3.63, 3.8) is 0 Å². The molecule has 0 aromatic heterocycles. The number of guanidine groups is 1. The van der Waals surface area contributed by atoms with Gasteiger partial charge in [0, 0.05) is 39.8 Å². The molecular formula is C16H35IN4O. The minimum absolute atomic E-state index is 0. The van der Waals surface area contributed by atoms with Crippen molar-refractivity contribution in [2.24, 2.45) is 10.4 Å². The van der Waals surface area contributed by atoms with Crippen LogP contribution in [-0.2, 0) is 4.74 Å². The molecular weight excluding hydrogens is 391 g/mol. The van der Waals surface area contributed by atoms with Gasteiger partial charge in [-0.05, 0) is 24.8 Å². The van der Waals surface area contributed by atoms with Gasteiger partial charge < -0.3 is 15.4 Å². The molecule has 5 nitrogen and oxygen atoms in total. The van der Waals surface area contributed by atoms with Crippen LogP contribution < -0.4 is 10.6 Å². The second-order valence-electron chi connectivity index (χ2n) is 6.83. The fourth-order valence-corrected chi connectivity index (χ4v) is 2.51. The first-order chi connectivity index (χ1) is 9.92. The number of halogens is 1. The maximum atomic E-state index is 5.56. The van der Waals surface area contributed by atoms with E-state index in [9.17, 15) is 0 Å². The minimum atomic E-state index is 0. The molecule has 1 fully saturated rings. The summed E-state index contributed by atoms with van der Waals surface area (Å²) in [7, 11) is 3.58. The second kappa shape index (κ2) is 10.6. The van der Waals surface area contributed by atoms with Crippen molar-refractivity contribution >= 4 is 29.9 Å². The Morgan fingerprint density at radius 2 is 1.95 bits per heavy atom. The van der Waals surface area contributed by atoms with Crippen LogP contribution in [0.2, 0.25) is 0 Å². The molecule has 0 aromatic rings. The second-order valence-corrected chi connectivity index (χ2v) is 6.83. The van der Waals surface area contributed by atoms with E-state index >= 15 is 0 Å². The Hall–Kier alpha value is -0.0800. The van der Waals surface area contributed by atoms with Gasteiger partial charge in [0.25, 0.3) is 0 Å². The average molecular weight is 426 g/mol. The third-order valence-corrected chi connectivity index (χ3v) is 4.09. The predicted octanol–water partition coefficient (Wildman–Crippen LogP) is 2.31. The van der Waals surface area contributed by atoms with E-state index < -0.39 is 0 Å². The zero-order valence-electron chi connectivity index (χ0n) is 15.1. The summed E-state index contributed by atoms with van der Waals surface area (Å²) in [5.41, 5.74) is 0.117. The Bertz CT molecular complexity index is 327. The van der Waals surface area contributed by atoms with Gasteiger partial charge in [-0.3, -0.25) is 9.89 Å². The molecule has 1 aliphatic rings. The third kappa shape index (κ3) is 7.97. The van der Waals surface area contributed by atoms with Gasteiger partial charge >= 0.3 is 0 Å². The molecule has 0 spiro atoms. The molecule has 2 N–H and O–H groups in total. The molecule has 0 saturated heterocycles. The SMILES string of the molecule is CCN(CCNC(=NC)NCC(OC)C(C)(C)C)C1CC1.I. The molecule has 132 valence electrons. The normalized spacial score (nSPS) is 17.1. The lowest BCUT2D eigenvalue weighted by Crippen LogP contribution is -2.47. The zero-order chi connectivity index (χ0) is 15.9. The van der Waals surface area contributed by atoms with Crippen molar-refractivity contribution in [1.82, 2.24) is 15.5 Å². The molecule has 0 bridgehead atoms. The zero-order valence-corrected chi connectivity index (χ0v) is 17.4. The summed E-state index contributed by atoms with van der Waals surface area (Å²) in [5.74, 6) is 0.855. The molecule has 1 aliphatic carbocycles. The van der Waals surface area contributed by atoms with Gasteiger partial charge in [-0.15, -0.1) is 24.0 Å². The summed E-state index contributed by atoms with van der Waals surface area (Å²) in [6, 6.07) is 0.825. The largest absolute Gasteiger partial charge is 0.379 e. The highest BCUT2D eigenvalue weighted by molar-refractivity contribution is 14.0. The first kappa shape index (κ1) is 21.9. The lowest BCUT2D eigenvalue weighted by Gasteiger charge is -2.30. The van der Waals surface area contributed by atoms with Gasteiger partial charge in [-0.1, -0.05) is 27.7 Å². The van der Waals surface area contributed by atoms with Crippen LogP contribution in [0.4, 0.5) is 0 Å². The van der Waals surface area contributed by atoms with Crippen molar-refractivity contribution in [1.29, 1.82) is 0 Å². The van der Waals surface area contributed by atoms with Gasteiger partial charge in [0.1, 0.15) is 0 Å².